The summed E-state index contributed by atoms with van der Waals surface area (Å²) in [6, 6.07) is 1.84. The highest BCUT2D eigenvalue weighted by atomic mass is 32.2. The third kappa shape index (κ3) is 3.18. The van der Waals surface area contributed by atoms with Gasteiger partial charge in [0.15, 0.2) is 0 Å². The zero-order valence-electron chi connectivity index (χ0n) is 11.5. The van der Waals surface area contributed by atoms with E-state index in [1.165, 1.54) is 11.3 Å². The fourth-order valence-corrected chi connectivity index (χ4v) is 5.36. The number of nitrogens with two attached hydrogens (primary N) is 1. The maximum Gasteiger partial charge on any atom is 0.252 e. The second-order valence-corrected chi connectivity index (χ2v) is 8.55. The summed E-state index contributed by atoms with van der Waals surface area (Å²) in [5.41, 5.74) is 6.42. The Morgan fingerprint density at radius 3 is 2.53 bits per heavy atom. The number of thiophene rings is 1. The molecule has 0 unspecified atom stereocenters. The third-order valence-corrected chi connectivity index (χ3v) is 7.37. The van der Waals surface area contributed by atoms with Crippen molar-refractivity contribution in [1.82, 2.24) is 4.31 Å². The average molecular weight is 302 g/mol. The van der Waals surface area contributed by atoms with Crippen molar-refractivity contribution in [2.45, 2.75) is 49.4 Å². The molecule has 2 rings (SSSR count). The Labute approximate surface area is 119 Å². The highest BCUT2D eigenvalue weighted by Crippen LogP contribution is 2.31. The molecule has 1 aliphatic carbocycles. The zero-order valence-corrected chi connectivity index (χ0v) is 13.1. The summed E-state index contributed by atoms with van der Waals surface area (Å²) < 4.78 is 27.0. The predicted octanol–water partition coefficient (Wildman–Crippen LogP) is 2.41. The summed E-state index contributed by atoms with van der Waals surface area (Å²) in [7, 11) is -1.64. The van der Waals surface area contributed by atoms with Crippen molar-refractivity contribution in [3.05, 3.63) is 17.0 Å². The highest BCUT2D eigenvalue weighted by molar-refractivity contribution is 7.91. The van der Waals surface area contributed by atoms with E-state index in [0.29, 0.717) is 10.8 Å². The first-order valence-electron chi connectivity index (χ1n) is 6.70. The SMILES string of the molecule is CC1CCC(N(C)S(=O)(=O)c2cc(CN)cs2)CC1. The van der Waals surface area contributed by atoms with Crippen molar-refractivity contribution in [1.29, 1.82) is 0 Å². The molecule has 6 heteroatoms. The first kappa shape index (κ1) is 15.0. The van der Waals surface area contributed by atoms with Crippen LogP contribution in [0.4, 0.5) is 0 Å². The van der Waals surface area contributed by atoms with Gasteiger partial charge in [-0.1, -0.05) is 6.92 Å². The molecule has 2 N–H and O–H groups in total. The molecule has 0 aliphatic heterocycles. The van der Waals surface area contributed by atoms with Gasteiger partial charge in [-0.05, 0) is 48.6 Å². The molecule has 1 heterocycles. The van der Waals surface area contributed by atoms with Crippen LogP contribution in [0.3, 0.4) is 0 Å². The number of hydrogen-bond donors (Lipinski definition) is 1. The molecule has 0 aromatic carbocycles. The average Bonchev–Trinajstić information content (AvgIpc) is 2.88. The van der Waals surface area contributed by atoms with Crippen LogP contribution < -0.4 is 5.73 Å². The summed E-state index contributed by atoms with van der Waals surface area (Å²) in [5, 5.41) is 1.82. The molecular formula is C13H22N2O2S2. The normalized spacial score (nSPS) is 24.8. The zero-order chi connectivity index (χ0) is 14.0. The Kier molecular flexibility index (Phi) is 4.66. The molecule has 1 aromatic heterocycles. The summed E-state index contributed by atoms with van der Waals surface area (Å²) in [4.78, 5) is 0. The van der Waals surface area contributed by atoms with E-state index in [1.54, 1.807) is 17.4 Å². The quantitative estimate of drug-likeness (QED) is 0.929. The van der Waals surface area contributed by atoms with Crippen molar-refractivity contribution in [2.75, 3.05) is 7.05 Å². The van der Waals surface area contributed by atoms with Crippen molar-refractivity contribution < 1.29 is 8.42 Å². The lowest BCUT2D eigenvalue weighted by atomic mass is 9.87. The van der Waals surface area contributed by atoms with Gasteiger partial charge in [-0.2, -0.15) is 4.31 Å². The van der Waals surface area contributed by atoms with Crippen LogP contribution in [0.15, 0.2) is 15.7 Å². The molecular weight excluding hydrogens is 280 g/mol. The largest absolute Gasteiger partial charge is 0.326 e. The Hall–Kier alpha value is -0.430. The van der Waals surface area contributed by atoms with E-state index in [2.05, 4.69) is 6.92 Å². The Bertz CT molecular complexity index is 517. The molecule has 0 atom stereocenters. The first-order chi connectivity index (χ1) is 8.95. The van der Waals surface area contributed by atoms with E-state index in [4.69, 9.17) is 5.73 Å². The molecule has 0 spiro atoms. The van der Waals surface area contributed by atoms with Gasteiger partial charge < -0.3 is 5.73 Å². The lowest BCUT2D eigenvalue weighted by Gasteiger charge is -2.32. The van der Waals surface area contributed by atoms with E-state index in [0.717, 1.165) is 37.2 Å². The number of nitrogens with zero attached hydrogens (tertiary/aromatic N) is 1. The predicted molar refractivity (Wildman–Crippen MR) is 78.6 cm³/mol. The van der Waals surface area contributed by atoms with Gasteiger partial charge in [0.25, 0.3) is 10.0 Å². The molecule has 4 nitrogen and oxygen atoms in total. The van der Waals surface area contributed by atoms with Gasteiger partial charge in [0, 0.05) is 19.6 Å². The van der Waals surface area contributed by atoms with Gasteiger partial charge in [0.05, 0.1) is 0 Å². The monoisotopic (exact) mass is 302 g/mol. The molecule has 1 fully saturated rings. The highest BCUT2D eigenvalue weighted by Gasteiger charge is 2.31. The smallest absolute Gasteiger partial charge is 0.252 e. The molecule has 0 saturated heterocycles. The minimum Gasteiger partial charge on any atom is -0.326 e. The molecule has 19 heavy (non-hydrogen) atoms. The van der Waals surface area contributed by atoms with Crippen LogP contribution in [0, 0.1) is 5.92 Å². The molecule has 1 saturated carbocycles. The van der Waals surface area contributed by atoms with Gasteiger partial charge in [0.1, 0.15) is 4.21 Å². The standard InChI is InChI=1S/C13H22N2O2S2/c1-10-3-5-12(6-4-10)15(2)19(16,17)13-7-11(8-14)9-18-13/h7,9-10,12H,3-6,8,14H2,1-2H3. The second-order valence-electron chi connectivity index (χ2n) is 5.41. The molecule has 108 valence electrons. The van der Waals surface area contributed by atoms with Crippen LogP contribution in [-0.2, 0) is 16.6 Å². The minimum atomic E-state index is -3.35. The van der Waals surface area contributed by atoms with Gasteiger partial charge in [-0.15, -0.1) is 11.3 Å². The number of hydrogen-bond acceptors (Lipinski definition) is 4. The lowest BCUT2D eigenvalue weighted by molar-refractivity contribution is 0.246. The molecule has 0 bridgehead atoms. The fourth-order valence-electron chi connectivity index (χ4n) is 2.54. The van der Waals surface area contributed by atoms with Crippen LogP contribution >= 0.6 is 11.3 Å². The van der Waals surface area contributed by atoms with Crippen molar-refractivity contribution in [2.24, 2.45) is 11.7 Å². The van der Waals surface area contributed by atoms with Crippen molar-refractivity contribution in [3.8, 4) is 0 Å². The topological polar surface area (TPSA) is 63.4 Å². The van der Waals surface area contributed by atoms with Crippen LogP contribution in [0.25, 0.3) is 0 Å². The van der Waals surface area contributed by atoms with Gasteiger partial charge >= 0.3 is 0 Å². The lowest BCUT2D eigenvalue weighted by Crippen LogP contribution is -2.38. The maximum atomic E-state index is 12.5. The van der Waals surface area contributed by atoms with E-state index < -0.39 is 10.0 Å². The van der Waals surface area contributed by atoms with Gasteiger partial charge in [-0.3, -0.25) is 0 Å². The third-order valence-electron chi connectivity index (χ3n) is 4.00. The summed E-state index contributed by atoms with van der Waals surface area (Å²) >= 11 is 1.26. The fraction of sp³-hybridized carbons (Fsp3) is 0.692. The van der Waals surface area contributed by atoms with Crippen molar-refractivity contribution >= 4 is 21.4 Å². The van der Waals surface area contributed by atoms with Crippen LogP contribution in [0.5, 0.6) is 0 Å². The molecule has 1 aliphatic rings. The Morgan fingerprint density at radius 2 is 2.00 bits per heavy atom. The van der Waals surface area contributed by atoms with Crippen LogP contribution in [0.1, 0.15) is 38.2 Å². The number of rotatable bonds is 4. The van der Waals surface area contributed by atoms with E-state index in [1.807, 2.05) is 5.38 Å². The molecule has 0 amide bonds. The van der Waals surface area contributed by atoms with Crippen LogP contribution in [0.2, 0.25) is 0 Å². The molecule has 0 radical (unpaired) electrons. The Balaban J connectivity index is 2.14. The van der Waals surface area contributed by atoms with E-state index in [9.17, 15) is 8.42 Å². The van der Waals surface area contributed by atoms with Crippen molar-refractivity contribution in [3.63, 3.8) is 0 Å². The van der Waals surface area contributed by atoms with E-state index >= 15 is 0 Å². The van der Waals surface area contributed by atoms with Gasteiger partial charge in [-0.25, -0.2) is 8.42 Å². The van der Waals surface area contributed by atoms with Gasteiger partial charge in [0.2, 0.25) is 0 Å². The Morgan fingerprint density at radius 1 is 1.37 bits per heavy atom. The molecule has 1 aromatic rings. The minimum absolute atomic E-state index is 0.143. The van der Waals surface area contributed by atoms with Crippen LogP contribution in [-0.4, -0.2) is 25.8 Å². The first-order valence-corrected chi connectivity index (χ1v) is 9.02. The summed E-state index contributed by atoms with van der Waals surface area (Å²) in [6.45, 7) is 2.62. The summed E-state index contributed by atoms with van der Waals surface area (Å²) in [5.74, 6) is 0.720. The second kappa shape index (κ2) is 5.91. The number of sulfonamides is 1. The maximum absolute atomic E-state index is 12.5. The summed E-state index contributed by atoms with van der Waals surface area (Å²) in [6.07, 6.45) is 4.16. The van der Waals surface area contributed by atoms with E-state index in [-0.39, 0.29) is 6.04 Å².